The summed E-state index contributed by atoms with van der Waals surface area (Å²) in [6, 6.07) is 2.63. The molecule has 4 aromatic rings. The minimum absolute atomic E-state index is 0.0933. The van der Waals surface area contributed by atoms with Crippen LogP contribution < -0.4 is 10.6 Å². The van der Waals surface area contributed by atoms with Gasteiger partial charge in [0.2, 0.25) is 0 Å². The Labute approximate surface area is 210 Å². The summed E-state index contributed by atoms with van der Waals surface area (Å²) < 4.78 is 1.75. The van der Waals surface area contributed by atoms with Crippen LogP contribution in [0.1, 0.15) is 78.5 Å². The average Bonchev–Trinajstić information content (AvgIpc) is 3.52. The van der Waals surface area contributed by atoms with Crippen LogP contribution in [0, 0.1) is 13.8 Å². The summed E-state index contributed by atoms with van der Waals surface area (Å²) in [5.41, 5.74) is 6.06. The zero-order chi connectivity index (χ0) is 25.2. The molecule has 1 fully saturated rings. The molecule has 1 saturated carbocycles. The Morgan fingerprint density at radius 1 is 1.11 bits per heavy atom. The lowest BCUT2D eigenvalue weighted by atomic mass is 9.90. The number of hydrogen-bond donors (Lipinski definition) is 3. The predicted octanol–water partition coefficient (Wildman–Crippen LogP) is 3.48. The Bertz CT molecular complexity index is 1350. The number of carbonyl (C=O) groups excluding carboxylic acids is 1. The van der Waals surface area contributed by atoms with Gasteiger partial charge >= 0.3 is 0 Å². The number of aromatic amines is 1. The minimum atomic E-state index is -0.0933. The van der Waals surface area contributed by atoms with Crippen molar-refractivity contribution in [2.75, 3.05) is 0 Å². The van der Waals surface area contributed by atoms with Crippen molar-refractivity contribution in [3.63, 3.8) is 0 Å². The molecule has 0 radical (unpaired) electrons. The number of carbonyl (C=O) groups is 1. The number of hydrogen-bond acceptors (Lipinski definition) is 7. The van der Waals surface area contributed by atoms with E-state index in [1.165, 1.54) is 0 Å². The molecule has 10 nitrogen and oxygen atoms in total. The molecule has 0 bridgehead atoms. The van der Waals surface area contributed by atoms with E-state index in [0.29, 0.717) is 11.7 Å². The van der Waals surface area contributed by atoms with E-state index in [4.69, 9.17) is 0 Å². The van der Waals surface area contributed by atoms with E-state index >= 15 is 0 Å². The van der Waals surface area contributed by atoms with Gasteiger partial charge in [0.05, 0.1) is 5.69 Å². The molecule has 1 aliphatic carbocycles. The number of nitrogens with one attached hydrogen (secondary N) is 3. The zero-order valence-corrected chi connectivity index (χ0v) is 21.2. The number of aryl methyl sites for hydroxylation is 2. The van der Waals surface area contributed by atoms with Gasteiger partial charge in [0, 0.05) is 53.9 Å². The summed E-state index contributed by atoms with van der Waals surface area (Å²) >= 11 is 0. The van der Waals surface area contributed by atoms with Crippen LogP contribution in [0.4, 0.5) is 0 Å². The Kier molecular flexibility index (Phi) is 6.77. The van der Waals surface area contributed by atoms with Crippen molar-refractivity contribution in [3.05, 3.63) is 59.2 Å². The molecule has 0 atom stereocenters. The van der Waals surface area contributed by atoms with Crippen LogP contribution in [-0.2, 0) is 6.54 Å². The lowest BCUT2D eigenvalue weighted by Gasteiger charge is -2.29. The van der Waals surface area contributed by atoms with Crippen molar-refractivity contribution in [1.82, 2.24) is 45.4 Å². The van der Waals surface area contributed by atoms with E-state index in [2.05, 4.69) is 54.7 Å². The Morgan fingerprint density at radius 3 is 2.56 bits per heavy atom. The Hall–Kier alpha value is -3.66. The average molecular weight is 488 g/mol. The van der Waals surface area contributed by atoms with Crippen LogP contribution in [0.3, 0.4) is 0 Å². The maximum atomic E-state index is 13.3. The van der Waals surface area contributed by atoms with Gasteiger partial charge < -0.3 is 10.6 Å². The van der Waals surface area contributed by atoms with Gasteiger partial charge in [-0.3, -0.25) is 9.89 Å². The third-order valence-electron chi connectivity index (χ3n) is 6.93. The molecule has 3 N–H and O–H groups in total. The number of aromatic nitrogens is 7. The van der Waals surface area contributed by atoms with Crippen molar-refractivity contribution in [2.24, 2.45) is 0 Å². The highest BCUT2D eigenvalue weighted by Crippen LogP contribution is 2.31. The molecule has 36 heavy (non-hydrogen) atoms. The van der Waals surface area contributed by atoms with E-state index in [1.54, 1.807) is 10.8 Å². The Balaban J connectivity index is 1.23. The molecule has 0 spiro atoms. The van der Waals surface area contributed by atoms with Gasteiger partial charge in [0.15, 0.2) is 5.65 Å². The zero-order valence-electron chi connectivity index (χ0n) is 21.2. The Morgan fingerprint density at radius 2 is 1.83 bits per heavy atom. The first-order valence-corrected chi connectivity index (χ1v) is 12.6. The summed E-state index contributed by atoms with van der Waals surface area (Å²) in [5.74, 6) is 0.813. The van der Waals surface area contributed by atoms with E-state index in [0.717, 1.165) is 71.6 Å². The highest BCUT2D eigenvalue weighted by molar-refractivity contribution is 5.96. The third-order valence-corrected chi connectivity index (χ3v) is 6.93. The molecule has 0 saturated heterocycles. The topological polar surface area (TPSA) is 126 Å². The quantitative estimate of drug-likeness (QED) is 0.364. The third kappa shape index (κ3) is 4.99. The molecule has 4 heterocycles. The number of pyridine rings is 1. The van der Waals surface area contributed by atoms with Crippen LogP contribution >= 0.6 is 0 Å². The number of nitrogens with zero attached hydrogens (tertiary/aromatic N) is 6. The van der Waals surface area contributed by atoms with Gasteiger partial charge in [-0.15, -0.1) is 0 Å². The van der Waals surface area contributed by atoms with Gasteiger partial charge in [-0.05, 0) is 57.1 Å². The van der Waals surface area contributed by atoms with Crippen molar-refractivity contribution >= 4 is 11.6 Å². The monoisotopic (exact) mass is 487 g/mol. The first-order chi connectivity index (χ1) is 17.4. The molecule has 1 aliphatic rings. The summed E-state index contributed by atoms with van der Waals surface area (Å²) in [6.45, 7) is 8.82. The van der Waals surface area contributed by atoms with Crippen molar-refractivity contribution in [1.29, 1.82) is 0 Å². The second-order valence-electron chi connectivity index (χ2n) is 10.00. The largest absolute Gasteiger partial charge is 0.348 e. The predicted molar refractivity (Wildman–Crippen MR) is 137 cm³/mol. The van der Waals surface area contributed by atoms with E-state index in [9.17, 15) is 4.79 Å². The minimum Gasteiger partial charge on any atom is -0.348 e. The molecular formula is C26H33N9O. The van der Waals surface area contributed by atoms with Gasteiger partial charge in [0.1, 0.15) is 17.8 Å². The van der Waals surface area contributed by atoms with Crippen LogP contribution in [0.5, 0.6) is 0 Å². The molecule has 0 aromatic carbocycles. The standard InChI is InChI=1S/C26H33N9O/c1-15(2)22-23(19-9-16(3)25-30-14-31-35(25)13-19)33-34-24(22)26(36)32-21-7-5-20(6-8-21)29-12-18-10-27-17(4)28-11-18/h9-11,13-15,20-21,29H,5-8,12H2,1-4H3,(H,32,36)(H,33,34). The maximum Gasteiger partial charge on any atom is 0.269 e. The number of H-pyrrole nitrogens is 1. The maximum absolute atomic E-state index is 13.3. The van der Waals surface area contributed by atoms with E-state index < -0.39 is 0 Å². The summed E-state index contributed by atoms with van der Waals surface area (Å²) in [5, 5.41) is 18.7. The number of fused-ring (bicyclic) bond motifs is 1. The fourth-order valence-electron chi connectivity index (χ4n) is 5.00. The summed E-state index contributed by atoms with van der Waals surface area (Å²) in [7, 11) is 0. The highest BCUT2D eigenvalue weighted by Gasteiger charge is 2.27. The smallest absolute Gasteiger partial charge is 0.269 e. The van der Waals surface area contributed by atoms with Gasteiger partial charge in [-0.2, -0.15) is 10.2 Å². The van der Waals surface area contributed by atoms with Gasteiger partial charge in [-0.25, -0.2) is 19.5 Å². The van der Waals surface area contributed by atoms with Crippen LogP contribution in [0.15, 0.2) is 31.0 Å². The van der Waals surface area contributed by atoms with Crippen LogP contribution in [-0.4, -0.2) is 52.8 Å². The fourth-order valence-corrected chi connectivity index (χ4v) is 5.00. The molecular weight excluding hydrogens is 454 g/mol. The second-order valence-corrected chi connectivity index (χ2v) is 10.00. The van der Waals surface area contributed by atoms with Crippen molar-refractivity contribution in [3.8, 4) is 11.3 Å². The molecule has 1 amide bonds. The van der Waals surface area contributed by atoms with E-state index in [1.807, 2.05) is 38.5 Å². The normalized spacial score (nSPS) is 18.1. The van der Waals surface area contributed by atoms with Crippen molar-refractivity contribution < 1.29 is 4.79 Å². The van der Waals surface area contributed by atoms with Crippen LogP contribution in [0.2, 0.25) is 0 Å². The highest BCUT2D eigenvalue weighted by atomic mass is 16.2. The molecule has 0 unspecified atom stereocenters. The molecule has 4 aromatic heterocycles. The first kappa shape index (κ1) is 24.1. The van der Waals surface area contributed by atoms with Crippen LogP contribution in [0.25, 0.3) is 16.9 Å². The SMILES string of the molecule is Cc1ncc(CNC2CCC(NC(=O)c3[nH]nc(-c4cc(C)c5ncnn5c4)c3C(C)C)CC2)cn1. The van der Waals surface area contributed by atoms with Gasteiger partial charge in [0.25, 0.3) is 5.91 Å². The fraction of sp³-hybridized carbons (Fsp3) is 0.462. The molecule has 0 aliphatic heterocycles. The molecule has 188 valence electrons. The molecule has 10 heteroatoms. The lowest BCUT2D eigenvalue weighted by molar-refractivity contribution is 0.0917. The van der Waals surface area contributed by atoms with E-state index in [-0.39, 0.29) is 17.9 Å². The molecule has 5 rings (SSSR count). The lowest BCUT2D eigenvalue weighted by Crippen LogP contribution is -2.42. The number of rotatable bonds is 7. The second kappa shape index (κ2) is 10.1. The summed E-state index contributed by atoms with van der Waals surface area (Å²) in [4.78, 5) is 26.1. The number of amides is 1. The van der Waals surface area contributed by atoms with Crippen molar-refractivity contribution in [2.45, 2.75) is 77.9 Å². The first-order valence-electron chi connectivity index (χ1n) is 12.6. The van der Waals surface area contributed by atoms with Gasteiger partial charge in [-0.1, -0.05) is 13.8 Å². The summed E-state index contributed by atoms with van der Waals surface area (Å²) in [6.07, 6.45) is 11.1.